The van der Waals surface area contributed by atoms with Gasteiger partial charge in [0.15, 0.2) is 10.8 Å². The lowest BCUT2D eigenvalue weighted by Gasteiger charge is -2.41. The zero-order valence-electron chi connectivity index (χ0n) is 16.0. The second kappa shape index (κ2) is 8.42. The highest BCUT2D eigenvalue weighted by Crippen LogP contribution is 2.41. The van der Waals surface area contributed by atoms with Crippen LogP contribution in [0.5, 0.6) is 0 Å². The minimum absolute atomic E-state index is 0.0205. The normalized spacial score (nSPS) is 26.4. The standard InChI is InChI=1S/C21H22N2O5S/c1-2-12-8-14-17(9-16(12)28-11-18(24)25)27-10-15(19(14)26)21-23-22-20(29-21)13-6-4-3-5-7-13/h3-7,10,12,14,16-17H,2,8-9,11H2,1H3,(H,24,25). The molecular weight excluding hydrogens is 392 g/mol. The number of allylic oxidation sites excluding steroid dienone is 1. The average molecular weight is 414 g/mol. The number of carbonyl (C=O) groups excluding carboxylic acids is 1. The van der Waals surface area contributed by atoms with E-state index in [1.165, 1.54) is 17.6 Å². The highest BCUT2D eigenvalue weighted by molar-refractivity contribution is 7.16. The molecule has 29 heavy (non-hydrogen) atoms. The minimum Gasteiger partial charge on any atom is -0.496 e. The first-order valence-corrected chi connectivity index (χ1v) is 10.5. The molecule has 1 aromatic carbocycles. The van der Waals surface area contributed by atoms with E-state index in [9.17, 15) is 9.59 Å². The van der Waals surface area contributed by atoms with Crippen LogP contribution in [0.3, 0.4) is 0 Å². The van der Waals surface area contributed by atoms with Crippen molar-refractivity contribution >= 4 is 28.7 Å². The molecule has 152 valence electrons. The van der Waals surface area contributed by atoms with E-state index < -0.39 is 5.97 Å². The maximum atomic E-state index is 13.2. The van der Waals surface area contributed by atoms with Crippen molar-refractivity contribution in [3.63, 3.8) is 0 Å². The van der Waals surface area contributed by atoms with Crippen molar-refractivity contribution in [2.24, 2.45) is 11.8 Å². The molecule has 2 heterocycles. The van der Waals surface area contributed by atoms with Gasteiger partial charge in [0.05, 0.1) is 23.9 Å². The number of hydrogen-bond donors (Lipinski definition) is 1. The van der Waals surface area contributed by atoms with E-state index in [0.29, 0.717) is 23.4 Å². The van der Waals surface area contributed by atoms with Crippen LogP contribution >= 0.6 is 11.3 Å². The molecule has 1 saturated carbocycles. The first kappa shape index (κ1) is 19.7. The number of ketones is 1. The quantitative estimate of drug-likeness (QED) is 0.773. The summed E-state index contributed by atoms with van der Waals surface area (Å²) >= 11 is 1.37. The van der Waals surface area contributed by atoms with E-state index in [0.717, 1.165) is 17.0 Å². The molecule has 7 nitrogen and oxygen atoms in total. The number of ether oxygens (including phenoxy) is 2. The van der Waals surface area contributed by atoms with Gasteiger partial charge in [0.1, 0.15) is 17.7 Å². The number of carboxylic acids is 1. The molecule has 4 rings (SSSR count). The van der Waals surface area contributed by atoms with E-state index in [1.54, 1.807) is 0 Å². The van der Waals surface area contributed by atoms with E-state index >= 15 is 0 Å². The van der Waals surface area contributed by atoms with Crippen LogP contribution in [0.25, 0.3) is 16.1 Å². The fourth-order valence-electron chi connectivity index (χ4n) is 4.05. The fourth-order valence-corrected chi connectivity index (χ4v) is 4.91. The highest BCUT2D eigenvalue weighted by Gasteiger charge is 2.45. The third-order valence-corrected chi connectivity index (χ3v) is 6.59. The van der Waals surface area contributed by atoms with Gasteiger partial charge in [0.2, 0.25) is 0 Å². The summed E-state index contributed by atoms with van der Waals surface area (Å²) in [5.74, 6) is -1.12. The Morgan fingerprint density at radius 1 is 1.24 bits per heavy atom. The van der Waals surface area contributed by atoms with E-state index in [-0.39, 0.29) is 36.4 Å². The Balaban J connectivity index is 1.52. The molecule has 2 aliphatic rings. The Hall–Kier alpha value is -2.58. The third kappa shape index (κ3) is 4.09. The molecule has 4 atom stereocenters. The topological polar surface area (TPSA) is 98.6 Å². The van der Waals surface area contributed by atoms with Crippen LogP contribution in [-0.2, 0) is 19.1 Å². The number of aromatic nitrogens is 2. The summed E-state index contributed by atoms with van der Waals surface area (Å²) in [5.41, 5.74) is 1.42. The molecule has 1 aliphatic carbocycles. The second-order valence-corrected chi connectivity index (χ2v) is 8.32. The zero-order valence-corrected chi connectivity index (χ0v) is 16.8. The molecule has 0 saturated heterocycles. The lowest BCUT2D eigenvalue weighted by molar-refractivity contribution is -0.151. The van der Waals surface area contributed by atoms with Gasteiger partial charge in [-0.3, -0.25) is 4.79 Å². The largest absolute Gasteiger partial charge is 0.496 e. The number of benzene rings is 1. The van der Waals surface area contributed by atoms with Crippen LogP contribution in [0.4, 0.5) is 0 Å². The number of fused-ring (bicyclic) bond motifs is 1. The van der Waals surface area contributed by atoms with Crippen LogP contribution in [0, 0.1) is 11.8 Å². The van der Waals surface area contributed by atoms with Crippen molar-refractivity contribution in [1.82, 2.24) is 10.2 Å². The highest BCUT2D eigenvalue weighted by atomic mass is 32.1. The van der Waals surface area contributed by atoms with Crippen molar-refractivity contribution in [3.05, 3.63) is 41.6 Å². The van der Waals surface area contributed by atoms with Gasteiger partial charge in [-0.15, -0.1) is 10.2 Å². The fraction of sp³-hybridized carbons (Fsp3) is 0.429. The summed E-state index contributed by atoms with van der Waals surface area (Å²) in [7, 11) is 0. The first-order chi connectivity index (χ1) is 14.1. The summed E-state index contributed by atoms with van der Waals surface area (Å²) in [4.78, 5) is 24.0. The Morgan fingerprint density at radius 3 is 2.72 bits per heavy atom. The Morgan fingerprint density at radius 2 is 2.00 bits per heavy atom. The average Bonchev–Trinajstić information content (AvgIpc) is 3.22. The summed E-state index contributed by atoms with van der Waals surface area (Å²) in [5, 5.41) is 18.7. The maximum absolute atomic E-state index is 13.2. The van der Waals surface area contributed by atoms with Gasteiger partial charge in [-0.1, -0.05) is 55.0 Å². The molecule has 4 unspecified atom stereocenters. The van der Waals surface area contributed by atoms with Gasteiger partial charge in [-0.25, -0.2) is 4.79 Å². The molecule has 8 heteroatoms. The monoisotopic (exact) mass is 414 g/mol. The molecule has 1 fully saturated rings. The van der Waals surface area contributed by atoms with Crippen molar-refractivity contribution in [2.75, 3.05) is 6.61 Å². The van der Waals surface area contributed by atoms with E-state index in [2.05, 4.69) is 10.2 Å². The van der Waals surface area contributed by atoms with Gasteiger partial charge in [0, 0.05) is 12.0 Å². The third-order valence-electron chi connectivity index (χ3n) is 5.58. The number of hydrogen-bond acceptors (Lipinski definition) is 7. The Labute approximate surface area is 172 Å². The number of Topliss-reactive ketones (excluding diaryl/α,β-unsaturated/α-hetero) is 1. The molecule has 0 amide bonds. The number of carbonyl (C=O) groups is 2. The van der Waals surface area contributed by atoms with Gasteiger partial charge in [-0.05, 0) is 12.3 Å². The molecular formula is C21H22N2O5S. The predicted octanol–water partition coefficient (Wildman–Crippen LogP) is 3.42. The lowest BCUT2D eigenvalue weighted by Crippen LogP contribution is -2.46. The van der Waals surface area contributed by atoms with Crippen LogP contribution in [0.15, 0.2) is 36.6 Å². The van der Waals surface area contributed by atoms with E-state index in [4.69, 9.17) is 14.6 Å². The predicted molar refractivity (Wildman–Crippen MR) is 107 cm³/mol. The van der Waals surface area contributed by atoms with Crippen molar-refractivity contribution in [3.8, 4) is 10.6 Å². The molecule has 0 radical (unpaired) electrons. The summed E-state index contributed by atoms with van der Waals surface area (Å²) in [6.45, 7) is 1.70. The van der Waals surface area contributed by atoms with Gasteiger partial charge < -0.3 is 14.6 Å². The van der Waals surface area contributed by atoms with Crippen molar-refractivity contribution < 1.29 is 24.2 Å². The molecule has 1 N–H and O–H groups in total. The molecule has 0 spiro atoms. The molecule has 1 aliphatic heterocycles. The first-order valence-electron chi connectivity index (χ1n) is 9.69. The van der Waals surface area contributed by atoms with Gasteiger partial charge in [0.25, 0.3) is 0 Å². The molecule has 0 bridgehead atoms. The van der Waals surface area contributed by atoms with Gasteiger partial charge in [-0.2, -0.15) is 0 Å². The van der Waals surface area contributed by atoms with Gasteiger partial charge >= 0.3 is 5.97 Å². The summed E-state index contributed by atoms with van der Waals surface area (Å²) in [6.07, 6.45) is 2.92. The number of carboxylic acid groups (broad SMARTS) is 1. The zero-order chi connectivity index (χ0) is 20.4. The smallest absolute Gasteiger partial charge is 0.329 e. The van der Waals surface area contributed by atoms with Crippen molar-refractivity contribution in [2.45, 2.75) is 38.4 Å². The van der Waals surface area contributed by atoms with Crippen LogP contribution < -0.4 is 0 Å². The summed E-state index contributed by atoms with van der Waals surface area (Å²) < 4.78 is 11.5. The van der Waals surface area contributed by atoms with E-state index in [1.807, 2.05) is 37.3 Å². The number of nitrogens with zero attached hydrogens (tertiary/aromatic N) is 2. The maximum Gasteiger partial charge on any atom is 0.329 e. The minimum atomic E-state index is -0.990. The molecule has 1 aromatic heterocycles. The second-order valence-electron chi connectivity index (χ2n) is 7.34. The SMILES string of the molecule is CCC1CC2C(=O)C(c3nnc(-c4ccccc4)s3)=COC2CC1OCC(=O)O. The lowest BCUT2D eigenvalue weighted by atomic mass is 9.72. The Kier molecular flexibility index (Phi) is 5.73. The molecule has 2 aromatic rings. The number of aliphatic carboxylic acids is 1. The summed E-state index contributed by atoms with van der Waals surface area (Å²) in [6, 6.07) is 9.72. The van der Waals surface area contributed by atoms with Crippen LogP contribution in [-0.4, -0.2) is 45.9 Å². The van der Waals surface area contributed by atoms with Crippen LogP contribution in [0.1, 0.15) is 31.2 Å². The Bertz CT molecular complexity index is 926. The van der Waals surface area contributed by atoms with Crippen molar-refractivity contribution in [1.29, 1.82) is 0 Å². The van der Waals surface area contributed by atoms with Crippen LogP contribution in [0.2, 0.25) is 0 Å². The number of rotatable bonds is 6.